The number of methoxy groups -OCH3 is 1. The molecule has 1 amide bonds. The van der Waals surface area contributed by atoms with E-state index in [2.05, 4.69) is 5.16 Å². The Balaban J connectivity index is 1.91. The first kappa shape index (κ1) is 19.1. The van der Waals surface area contributed by atoms with Crippen LogP contribution in [0.2, 0.25) is 0 Å². The minimum atomic E-state index is -0.584. The number of carbonyl (C=O) groups is 1. The summed E-state index contributed by atoms with van der Waals surface area (Å²) < 4.78 is 10.8. The first-order valence-corrected chi connectivity index (χ1v) is 8.94. The van der Waals surface area contributed by atoms with E-state index in [-0.39, 0.29) is 5.91 Å². The average Bonchev–Trinajstić information content (AvgIpc) is 2.91. The molecule has 1 atom stereocenters. The van der Waals surface area contributed by atoms with E-state index in [1.807, 2.05) is 30.0 Å². The Kier molecular flexibility index (Phi) is 7.57. The zero-order valence-electron chi connectivity index (χ0n) is 15.4. The van der Waals surface area contributed by atoms with Crippen molar-refractivity contribution in [1.82, 2.24) is 4.90 Å². The van der Waals surface area contributed by atoms with Gasteiger partial charge in [0.25, 0.3) is 5.91 Å². The van der Waals surface area contributed by atoms with Crippen LogP contribution in [0, 0.1) is 0 Å². The number of ether oxygens (including phenoxy) is 2. The van der Waals surface area contributed by atoms with Crippen LogP contribution >= 0.6 is 0 Å². The molecule has 0 spiro atoms. The molecule has 1 aliphatic heterocycles. The van der Waals surface area contributed by atoms with Crippen LogP contribution in [-0.2, 0) is 9.63 Å². The Morgan fingerprint density at radius 2 is 1.96 bits per heavy atom. The molecule has 1 aromatic carbocycles. The van der Waals surface area contributed by atoms with Crippen LogP contribution in [0.5, 0.6) is 11.5 Å². The second-order valence-corrected chi connectivity index (χ2v) is 6.06. The van der Waals surface area contributed by atoms with E-state index in [0.29, 0.717) is 18.1 Å². The Morgan fingerprint density at radius 3 is 2.60 bits per heavy atom. The van der Waals surface area contributed by atoms with E-state index >= 15 is 0 Å². The Hall–Kier alpha value is -2.24. The third-order valence-corrected chi connectivity index (χ3v) is 4.17. The average molecular weight is 348 g/mol. The van der Waals surface area contributed by atoms with Gasteiger partial charge in [-0.05, 0) is 44.9 Å². The van der Waals surface area contributed by atoms with Crippen LogP contribution in [0.25, 0.3) is 0 Å². The zero-order valence-corrected chi connectivity index (χ0v) is 15.4. The lowest BCUT2D eigenvalue weighted by atomic mass is 10.2. The number of carbonyl (C=O) groups excluding carboxylic acids is 1. The molecule has 1 unspecified atom stereocenters. The van der Waals surface area contributed by atoms with Crippen LogP contribution < -0.4 is 9.47 Å². The zero-order chi connectivity index (χ0) is 18.1. The summed E-state index contributed by atoms with van der Waals surface area (Å²) in [5, 5.41) is 3.96. The van der Waals surface area contributed by atoms with Gasteiger partial charge in [0.2, 0.25) is 6.10 Å². The van der Waals surface area contributed by atoms with Gasteiger partial charge in [-0.15, -0.1) is 0 Å². The highest BCUT2D eigenvalue weighted by molar-refractivity contribution is 5.82. The summed E-state index contributed by atoms with van der Waals surface area (Å²) in [5.41, 5.74) is 0.815. The molecular formula is C19H28N2O4. The predicted molar refractivity (Wildman–Crippen MR) is 97.4 cm³/mol. The fourth-order valence-electron chi connectivity index (χ4n) is 2.82. The summed E-state index contributed by atoms with van der Waals surface area (Å²) in [6, 6.07) is 5.51. The molecule has 1 aromatic rings. The molecule has 6 nitrogen and oxygen atoms in total. The maximum absolute atomic E-state index is 12.4. The van der Waals surface area contributed by atoms with E-state index < -0.39 is 6.10 Å². The van der Waals surface area contributed by atoms with Gasteiger partial charge in [-0.25, -0.2) is 0 Å². The van der Waals surface area contributed by atoms with Gasteiger partial charge in [0, 0.05) is 18.7 Å². The van der Waals surface area contributed by atoms with Gasteiger partial charge in [0.1, 0.15) is 0 Å². The third-order valence-electron chi connectivity index (χ3n) is 4.17. The molecule has 1 saturated heterocycles. The summed E-state index contributed by atoms with van der Waals surface area (Å²) >= 11 is 0. The summed E-state index contributed by atoms with van der Waals surface area (Å²) in [6.45, 7) is 5.86. The highest BCUT2D eigenvalue weighted by Crippen LogP contribution is 2.27. The summed E-state index contributed by atoms with van der Waals surface area (Å²) in [7, 11) is 1.59. The summed E-state index contributed by atoms with van der Waals surface area (Å²) in [4.78, 5) is 19.6. The monoisotopic (exact) mass is 348 g/mol. The normalized spacial score (nSPS) is 16.4. The molecule has 25 heavy (non-hydrogen) atoms. The molecule has 0 saturated carbocycles. The lowest BCUT2D eigenvalue weighted by molar-refractivity contribution is -0.142. The second-order valence-electron chi connectivity index (χ2n) is 6.06. The molecule has 0 aromatic heterocycles. The number of benzene rings is 1. The van der Waals surface area contributed by atoms with Crippen LogP contribution in [0.4, 0.5) is 0 Å². The minimum absolute atomic E-state index is 0.00308. The molecule has 1 fully saturated rings. The Labute approximate surface area is 149 Å². The van der Waals surface area contributed by atoms with Crippen molar-refractivity contribution >= 4 is 12.1 Å². The van der Waals surface area contributed by atoms with Crippen LogP contribution in [0.15, 0.2) is 23.4 Å². The molecular weight excluding hydrogens is 320 g/mol. The molecule has 0 bridgehead atoms. The highest BCUT2D eigenvalue weighted by Gasteiger charge is 2.22. The molecule has 1 heterocycles. The van der Waals surface area contributed by atoms with Crippen molar-refractivity contribution in [2.75, 3.05) is 26.8 Å². The lowest BCUT2D eigenvalue weighted by Crippen LogP contribution is -2.39. The van der Waals surface area contributed by atoms with Gasteiger partial charge < -0.3 is 19.2 Å². The van der Waals surface area contributed by atoms with Crippen molar-refractivity contribution in [2.45, 2.75) is 45.6 Å². The van der Waals surface area contributed by atoms with Crippen molar-refractivity contribution in [3.05, 3.63) is 23.8 Å². The van der Waals surface area contributed by atoms with Crippen LogP contribution in [0.3, 0.4) is 0 Å². The molecule has 138 valence electrons. The number of likely N-dealkylation sites (tertiary alicyclic amines) is 1. The first-order chi connectivity index (χ1) is 12.2. The molecule has 0 aliphatic carbocycles. The fraction of sp³-hybridized carbons (Fsp3) is 0.579. The molecule has 2 rings (SSSR count). The predicted octanol–water partition coefficient (Wildman–Crippen LogP) is 3.24. The number of oxime groups is 1. The smallest absolute Gasteiger partial charge is 0.266 e. The van der Waals surface area contributed by atoms with Gasteiger partial charge in [-0.1, -0.05) is 18.0 Å². The van der Waals surface area contributed by atoms with E-state index in [0.717, 1.165) is 31.5 Å². The third kappa shape index (κ3) is 5.66. The number of nitrogens with zero attached hydrogens (tertiary/aromatic N) is 2. The second kappa shape index (κ2) is 9.91. The number of hydrogen-bond donors (Lipinski definition) is 0. The van der Waals surface area contributed by atoms with E-state index in [1.165, 1.54) is 12.8 Å². The first-order valence-electron chi connectivity index (χ1n) is 8.94. The topological polar surface area (TPSA) is 60.4 Å². The van der Waals surface area contributed by atoms with Gasteiger partial charge >= 0.3 is 0 Å². The quantitative estimate of drug-likeness (QED) is 0.561. The number of hydrogen-bond acceptors (Lipinski definition) is 5. The molecule has 1 aliphatic rings. The van der Waals surface area contributed by atoms with Crippen LogP contribution in [0.1, 0.15) is 45.1 Å². The largest absolute Gasteiger partial charge is 0.493 e. The lowest BCUT2D eigenvalue weighted by Gasteiger charge is -2.22. The molecule has 0 N–H and O–H groups in total. The van der Waals surface area contributed by atoms with E-state index in [1.54, 1.807) is 20.2 Å². The highest BCUT2D eigenvalue weighted by atomic mass is 16.6. The Bertz CT molecular complexity index is 581. The van der Waals surface area contributed by atoms with Crippen molar-refractivity contribution in [3.63, 3.8) is 0 Å². The molecule has 0 radical (unpaired) electrons. The van der Waals surface area contributed by atoms with Gasteiger partial charge in [0.15, 0.2) is 11.5 Å². The number of rotatable bonds is 7. The molecule has 6 heteroatoms. The van der Waals surface area contributed by atoms with Gasteiger partial charge in [0.05, 0.1) is 19.9 Å². The van der Waals surface area contributed by atoms with Crippen molar-refractivity contribution in [2.24, 2.45) is 5.16 Å². The van der Waals surface area contributed by atoms with Gasteiger partial charge in [-0.2, -0.15) is 0 Å². The van der Waals surface area contributed by atoms with E-state index in [9.17, 15) is 4.79 Å². The summed E-state index contributed by atoms with van der Waals surface area (Å²) in [6.07, 6.45) is 5.50. The van der Waals surface area contributed by atoms with Crippen molar-refractivity contribution < 1.29 is 19.1 Å². The van der Waals surface area contributed by atoms with E-state index in [4.69, 9.17) is 14.3 Å². The standard InChI is InChI=1S/C19H28N2O4/c1-4-24-17-10-9-16(13-18(17)23-3)14-20-25-15(2)19(22)21-11-7-5-6-8-12-21/h9-10,13-15H,4-8,11-12H2,1-3H3/b20-14+. The minimum Gasteiger partial charge on any atom is -0.493 e. The SMILES string of the molecule is CCOc1ccc(/C=N/OC(C)C(=O)N2CCCCCC2)cc1OC. The fourth-order valence-corrected chi connectivity index (χ4v) is 2.82. The summed E-state index contributed by atoms with van der Waals surface area (Å²) in [5.74, 6) is 1.33. The van der Waals surface area contributed by atoms with Crippen molar-refractivity contribution in [1.29, 1.82) is 0 Å². The number of amides is 1. The maximum atomic E-state index is 12.4. The Morgan fingerprint density at radius 1 is 1.24 bits per heavy atom. The van der Waals surface area contributed by atoms with Gasteiger partial charge in [-0.3, -0.25) is 4.79 Å². The van der Waals surface area contributed by atoms with Crippen LogP contribution in [-0.4, -0.2) is 49.9 Å². The maximum Gasteiger partial charge on any atom is 0.266 e. The van der Waals surface area contributed by atoms with Crippen molar-refractivity contribution in [3.8, 4) is 11.5 Å².